The van der Waals surface area contributed by atoms with Crippen molar-refractivity contribution in [2.75, 3.05) is 11.9 Å². The number of benzene rings is 1. The Balaban J connectivity index is 2.16. The lowest BCUT2D eigenvalue weighted by Crippen LogP contribution is -2.32. The molecular weight excluding hydrogens is 324 g/mol. The molecular formula is C14H15BrN2OS. The minimum atomic E-state index is 0.0586. The first-order valence-electron chi connectivity index (χ1n) is 6.01. The fourth-order valence-electron chi connectivity index (χ4n) is 1.81. The molecule has 0 aliphatic carbocycles. The number of alkyl halides is 1. The molecule has 0 unspecified atom stereocenters. The van der Waals surface area contributed by atoms with Gasteiger partial charge in [0.05, 0.1) is 11.2 Å². The summed E-state index contributed by atoms with van der Waals surface area (Å²) in [6.07, 6.45) is 0. The highest BCUT2D eigenvalue weighted by Crippen LogP contribution is 2.17. The Labute approximate surface area is 125 Å². The van der Waals surface area contributed by atoms with Gasteiger partial charge in [0.15, 0.2) is 0 Å². The first-order valence-corrected chi connectivity index (χ1v) is 8.01. The Bertz CT molecular complexity index is 541. The van der Waals surface area contributed by atoms with Gasteiger partial charge < -0.3 is 4.90 Å². The Morgan fingerprint density at radius 3 is 2.68 bits per heavy atom. The molecule has 0 bridgehead atoms. The van der Waals surface area contributed by atoms with E-state index in [0.29, 0.717) is 13.1 Å². The van der Waals surface area contributed by atoms with Crippen molar-refractivity contribution in [3.63, 3.8) is 0 Å². The number of aromatic nitrogens is 1. The lowest BCUT2D eigenvalue weighted by molar-refractivity contribution is 0.0758. The fourth-order valence-corrected chi connectivity index (χ4v) is 3.01. The zero-order valence-corrected chi connectivity index (χ0v) is 13.1. The highest BCUT2D eigenvalue weighted by Gasteiger charge is 2.19. The zero-order valence-electron chi connectivity index (χ0n) is 10.7. The Hall–Kier alpha value is -1.20. The van der Waals surface area contributed by atoms with Gasteiger partial charge in [-0.25, -0.2) is 4.98 Å². The smallest absolute Gasteiger partial charge is 0.266 e. The van der Waals surface area contributed by atoms with E-state index < -0.39 is 0 Å². The lowest BCUT2D eigenvalue weighted by atomic mass is 10.2. The van der Waals surface area contributed by atoms with Crippen LogP contribution in [0.15, 0.2) is 35.8 Å². The van der Waals surface area contributed by atoms with Crippen molar-refractivity contribution in [2.45, 2.75) is 13.5 Å². The second kappa shape index (κ2) is 6.82. The predicted molar refractivity (Wildman–Crippen MR) is 81.8 cm³/mol. The van der Waals surface area contributed by atoms with Gasteiger partial charge in [-0.1, -0.05) is 46.3 Å². The molecule has 0 N–H and O–H groups in total. The minimum absolute atomic E-state index is 0.0586. The number of rotatable bonds is 5. The molecule has 100 valence electrons. The number of aryl methyl sites for hydroxylation is 1. The summed E-state index contributed by atoms with van der Waals surface area (Å²) in [4.78, 5) is 19.2. The van der Waals surface area contributed by atoms with Crippen LogP contribution >= 0.6 is 27.3 Å². The predicted octanol–water partition coefficient (Wildman–Crippen LogP) is 3.49. The van der Waals surface area contributed by atoms with Crippen LogP contribution in [0.1, 0.15) is 20.9 Å². The molecule has 1 heterocycles. The number of nitrogens with zero attached hydrogens (tertiary/aromatic N) is 2. The van der Waals surface area contributed by atoms with E-state index >= 15 is 0 Å². The van der Waals surface area contributed by atoms with Crippen LogP contribution in [0.4, 0.5) is 0 Å². The summed E-state index contributed by atoms with van der Waals surface area (Å²) < 4.78 is 0. The van der Waals surface area contributed by atoms with E-state index in [2.05, 4.69) is 20.9 Å². The summed E-state index contributed by atoms with van der Waals surface area (Å²) in [5.74, 6) is 0.0586. The molecule has 0 aliphatic rings. The molecule has 0 saturated heterocycles. The van der Waals surface area contributed by atoms with E-state index in [4.69, 9.17) is 0 Å². The Morgan fingerprint density at radius 1 is 1.37 bits per heavy atom. The first-order chi connectivity index (χ1) is 9.22. The number of thiazole rings is 1. The highest BCUT2D eigenvalue weighted by atomic mass is 79.9. The SMILES string of the molecule is Cc1ncsc1C(=O)N(CCBr)Cc1ccccc1. The third-order valence-electron chi connectivity index (χ3n) is 2.80. The van der Waals surface area contributed by atoms with E-state index in [1.807, 2.05) is 42.2 Å². The van der Waals surface area contributed by atoms with E-state index in [0.717, 1.165) is 21.5 Å². The summed E-state index contributed by atoms with van der Waals surface area (Å²) in [5.41, 5.74) is 3.67. The number of hydrogen-bond donors (Lipinski definition) is 0. The lowest BCUT2D eigenvalue weighted by Gasteiger charge is -2.21. The summed E-state index contributed by atoms with van der Waals surface area (Å²) in [6, 6.07) is 10.0. The van der Waals surface area contributed by atoms with Crippen LogP contribution in [-0.2, 0) is 6.54 Å². The number of carbonyl (C=O) groups is 1. The van der Waals surface area contributed by atoms with E-state index in [1.165, 1.54) is 11.3 Å². The van der Waals surface area contributed by atoms with E-state index in [1.54, 1.807) is 5.51 Å². The number of halogens is 1. The molecule has 0 saturated carbocycles. The van der Waals surface area contributed by atoms with Crippen LogP contribution in [0.2, 0.25) is 0 Å². The van der Waals surface area contributed by atoms with Gasteiger partial charge in [0, 0.05) is 18.4 Å². The van der Waals surface area contributed by atoms with Gasteiger partial charge in [-0.15, -0.1) is 11.3 Å². The van der Waals surface area contributed by atoms with Gasteiger partial charge in [-0.2, -0.15) is 0 Å². The molecule has 19 heavy (non-hydrogen) atoms. The molecule has 0 atom stereocenters. The molecule has 1 aromatic carbocycles. The average molecular weight is 339 g/mol. The molecule has 0 aliphatic heterocycles. The standard InChI is InChI=1S/C14H15BrN2OS/c1-11-13(19-10-16-11)14(18)17(8-7-15)9-12-5-3-2-4-6-12/h2-6,10H,7-9H2,1H3. The summed E-state index contributed by atoms with van der Waals surface area (Å²) >= 11 is 4.81. The van der Waals surface area contributed by atoms with Crippen LogP contribution in [0.3, 0.4) is 0 Å². The minimum Gasteiger partial charge on any atom is -0.333 e. The molecule has 2 rings (SSSR count). The van der Waals surface area contributed by atoms with Crippen molar-refractivity contribution in [3.8, 4) is 0 Å². The summed E-state index contributed by atoms with van der Waals surface area (Å²) in [6.45, 7) is 3.19. The van der Waals surface area contributed by atoms with Crippen molar-refractivity contribution in [2.24, 2.45) is 0 Å². The van der Waals surface area contributed by atoms with Gasteiger partial charge >= 0.3 is 0 Å². The maximum absolute atomic E-state index is 12.5. The second-order valence-corrected chi connectivity index (χ2v) is 5.82. The van der Waals surface area contributed by atoms with Crippen molar-refractivity contribution in [1.82, 2.24) is 9.88 Å². The van der Waals surface area contributed by atoms with Crippen molar-refractivity contribution < 1.29 is 4.79 Å². The van der Waals surface area contributed by atoms with E-state index in [9.17, 15) is 4.79 Å². The molecule has 0 fully saturated rings. The van der Waals surface area contributed by atoms with Gasteiger partial charge in [-0.3, -0.25) is 4.79 Å². The summed E-state index contributed by atoms with van der Waals surface area (Å²) in [7, 11) is 0. The van der Waals surface area contributed by atoms with Gasteiger partial charge in [0.1, 0.15) is 4.88 Å². The molecule has 1 amide bonds. The molecule has 1 aromatic heterocycles. The molecule has 0 spiro atoms. The highest BCUT2D eigenvalue weighted by molar-refractivity contribution is 9.09. The van der Waals surface area contributed by atoms with Crippen LogP contribution in [-0.4, -0.2) is 27.7 Å². The average Bonchev–Trinajstić information content (AvgIpc) is 2.85. The molecule has 2 aromatic rings. The summed E-state index contributed by atoms with van der Waals surface area (Å²) in [5, 5.41) is 0.767. The molecule has 5 heteroatoms. The maximum Gasteiger partial charge on any atom is 0.266 e. The van der Waals surface area contributed by atoms with Crippen LogP contribution in [0.25, 0.3) is 0 Å². The van der Waals surface area contributed by atoms with E-state index in [-0.39, 0.29) is 5.91 Å². The monoisotopic (exact) mass is 338 g/mol. The Morgan fingerprint density at radius 2 is 2.11 bits per heavy atom. The van der Waals surface area contributed by atoms with Crippen molar-refractivity contribution >= 4 is 33.2 Å². The maximum atomic E-state index is 12.5. The number of hydrogen-bond acceptors (Lipinski definition) is 3. The van der Waals surface area contributed by atoms with Crippen molar-refractivity contribution in [1.29, 1.82) is 0 Å². The van der Waals surface area contributed by atoms with Crippen LogP contribution in [0, 0.1) is 6.92 Å². The van der Waals surface area contributed by atoms with Crippen LogP contribution < -0.4 is 0 Å². The molecule has 3 nitrogen and oxygen atoms in total. The Kier molecular flexibility index (Phi) is 5.10. The van der Waals surface area contributed by atoms with Gasteiger partial charge in [0.25, 0.3) is 5.91 Å². The fraction of sp³-hybridized carbons (Fsp3) is 0.286. The second-order valence-electron chi connectivity index (χ2n) is 4.17. The third-order valence-corrected chi connectivity index (χ3v) is 4.07. The largest absolute Gasteiger partial charge is 0.333 e. The first kappa shape index (κ1) is 14.2. The third kappa shape index (κ3) is 3.64. The zero-order chi connectivity index (χ0) is 13.7. The number of carbonyl (C=O) groups excluding carboxylic acids is 1. The quantitative estimate of drug-likeness (QED) is 0.782. The normalized spacial score (nSPS) is 10.4. The number of amides is 1. The van der Waals surface area contributed by atoms with Crippen molar-refractivity contribution in [3.05, 3.63) is 52.0 Å². The topological polar surface area (TPSA) is 33.2 Å². The van der Waals surface area contributed by atoms with Crippen LogP contribution in [0.5, 0.6) is 0 Å². The molecule has 0 radical (unpaired) electrons. The van der Waals surface area contributed by atoms with Gasteiger partial charge in [0.2, 0.25) is 0 Å². The van der Waals surface area contributed by atoms with Gasteiger partial charge in [-0.05, 0) is 12.5 Å².